The Bertz CT molecular complexity index is 717. The fourth-order valence-electron chi connectivity index (χ4n) is 2.16. The number of nitrogens with zero attached hydrogens (tertiary/aromatic N) is 4. The van der Waals surface area contributed by atoms with E-state index < -0.39 is 0 Å². The Morgan fingerprint density at radius 2 is 1.80 bits per heavy atom. The van der Waals surface area contributed by atoms with Gasteiger partial charge in [0.1, 0.15) is 5.82 Å². The van der Waals surface area contributed by atoms with E-state index in [1.54, 1.807) is 21.3 Å². The Morgan fingerprint density at radius 3 is 2.36 bits per heavy atom. The van der Waals surface area contributed by atoms with Gasteiger partial charge in [0.25, 0.3) is 0 Å². The second-order valence-corrected chi connectivity index (χ2v) is 5.19. The van der Waals surface area contributed by atoms with Crippen LogP contribution in [0.25, 0.3) is 0 Å². The molecule has 1 aromatic carbocycles. The number of nitrogens with one attached hydrogen (secondary N) is 2. The SMILES string of the molecule is CN=C(NCc1ccc(OC)c(OC)c1)NCc1nnc(C)n1C.I. The van der Waals surface area contributed by atoms with Crippen LogP contribution in [0.15, 0.2) is 23.2 Å². The van der Waals surface area contributed by atoms with Gasteiger partial charge in [-0.05, 0) is 24.6 Å². The van der Waals surface area contributed by atoms with Crippen LogP contribution in [-0.4, -0.2) is 42.0 Å². The molecule has 0 radical (unpaired) electrons. The van der Waals surface area contributed by atoms with E-state index in [2.05, 4.69) is 25.8 Å². The number of aliphatic imine (C=N–C) groups is 1. The summed E-state index contributed by atoms with van der Waals surface area (Å²) in [6.45, 7) is 3.07. The molecule has 1 heterocycles. The molecule has 0 atom stereocenters. The van der Waals surface area contributed by atoms with Gasteiger partial charge in [-0.1, -0.05) is 6.07 Å². The molecule has 138 valence electrons. The molecule has 25 heavy (non-hydrogen) atoms. The number of ether oxygens (including phenoxy) is 2. The Labute approximate surface area is 165 Å². The number of hydrogen-bond donors (Lipinski definition) is 2. The third-order valence-electron chi connectivity index (χ3n) is 3.73. The molecule has 0 spiro atoms. The highest BCUT2D eigenvalue weighted by atomic mass is 127. The summed E-state index contributed by atoms with van der Waals surface area (Å²) in [5.41, 5.74) is 1.06. The van der Waals surface area contributed by atoms with Gasteiger partial charge in [0.2, 0.25) is 0 Å². The number of aryl methyl sites for hydroxylation is 1. The molecule has 0 aliphatic carbocycles. The van der Waals surface area contributed by atoms with Gasteiger partial charge in [0.05, 0.1) is 20.8 Å². The van der Waals surface area contributed by atoms with E-state index in [1.165, 1.54) is 0 Å². The van der Waals surface area contributed by atoms with Crippen LogP contribution < -0.4 is 20.1 Å². The predicted octanol–water partition coefficient (Wildman–Crippen LogP) is 1.62. The Balaban J connectivity index is 0.00000312. The Hall–Kier alpha value is -2.04. The fourth-order valence-corrected chi connectivity index (χ4v) is 2.16. The molecule has 0 saturated heterocycles. The molecule has 0 unspecified atom stereocenters. The maximum absolute atomic E-state index is 5.31. The van der Waals surface area contributed by atoms with Gasteiger partial charge in [-0.15, -0.1) is 34.2 Å². The van der Waals surface area contributed by atoms with E-state index in [0.717, 1.165) is 17.2 Å². The van der Waals surface area contributed by atoms with Crippen LogP contribution in [0.5, 0.6) is 11.5 Å². The van der Waals surface area contributed by atoms with Crippen molar-refractivity contribution < 1.29 is 9.47 Å². The Kier molecular flexibility index (Phi) is 8.46. The minimum Gasteiger partial charge on any atom is -0.493 e. The third-order valence-corrected chi connectivity index (χ3v) is 3.73. The average molecular weight is 460 g/mol. The van der Waals surface area contributed by atoms with Gasteiger partial charge in [0, 0.05) is 20.6 Å². The lowest BCUT2D eigenvalue weighted by molar-refractivity contribution is 0.354. The molecular formula is C16H25IN6O2. The number of rotatable bonds is 6. The van der Waals surface area contributed by atoms with E-state index in [4.69, 9.17) is 9.47 Å². The monoisotopic (exact) mass is 460 g/mol. The molecule has 0 aliphatic heterocycles. The van der Waals surface area contributed by atoms with Gasteiger partial charge >= 0.3 is 0 Å². The van der Waals surface area contributed by atoms with Gasteiger partial charge in [-0.3, -0.25) is 4.99 Å². The van der Waals surface area contributed by atoms with Crippen molar-refractivity contribution in [3.8, 4) is 11.5 Å². The van der Waals surface area contributed by atoms with Crippen molar-refractivity contribution in [1.82, 2.24) is 25.4 Å². The number of guanidine groups is 1. The van der Waals surface area contributed by atoms with Crippen molar-refractivity contribution in [2.24, 2.45) is 12.0 Å². The predicted molar refractivity (Wildman–Crippen MR) is 108 cm³/mol. The summed E-state index contributed by atoms with van der Waals surface area (Å²) in [5.74, 6) is 3.82. The van der Waals surface area contributed by atoms with Crippen LogP contribution in [0, 0.1) is 6.92 Å². The minimum atomic E-state index is 0. The van der Waals surface area contributed by atoms with Crippen molar-refractivity contribution in [1.29, 1.82) is 0 Å². The molecule has 2 rings (SSSR count). The average Bonchev–Trinajstić information content (AvgIpc) is 2.93. The maximum atomic E-state index is 5.31. The first kappa shape index (κ1) is 21.0. The van der Waals surface area contributed by atoms with Crippen LogP contribution in [-0.2, 0) is 20.1 Å². The van der Waals surface area contributed by atoms with Crippen molar-refractivity contribution in [2.45, 2.75) is 20.0 Å². The number of aromatic nitrogens is 3. The molecular weight excluding hydrogens is 435 g/mol. The zero-order valence-electron chi connectivity index (χ0n) is 15.2. The molecule has 1 aromatic heterocycles. The fraction of sp³-hybridized carbons (Fsp3) is 0.438. The third kappa shape index (κ3) is 5.48. The largest absolute Gasteiger partial charge is 0.493 e. The first-order chi connectivity index (χ1) is 11.6. The zero-order chi connectivity index (χ0) is 17.5. The smallest absolute Gasteiger partial charge is 0.191 e. The number of benzene rings is 1. The molecule has 0 aliphatic rings. The first-order valence-corrected chi connectivity index (χ1v) is 7.59. The van der Waals surface area contributed by atoms with Crippen LogP contribution in [0.4, 0.5) is 0 Å². The van der Waals surface area contributed by atoms with Crippen LogP contribution in [0.2, 0.25) is 0 Å². The van der Waals surface area contributed by atoms with Gasteiger partial charge in [-0.2, -0.15) is 0 Å². The van der Waals surface area contributed by atoms with Gasteiger partial charge < -0.3 is 24.7 Å². The summed E-state index contributed by atoms with van der Waals surface area (Å²) < 4.78 is 12.5. The van der Waals surface area contributed by atoms with Crippen LogP contribution >= 0.6 is 24.0 Å². The summed E-state index contributed by atoms with van der Waals surface area (Å²) >= 11 is 0. The summed E-state index contributed by atoms with van der Waals surface area (Å²) in [6.07, 6.45) is 0. The van der Waals surface area contributed by atoms with E-state index in [0.29, 0.717) is 30.5 Å². The first-order valence-electron chi connectivity index (χ1n) is 7.59. The minimum absolute atomic E-state index is 0. The second kappa shape index (κ2) is 10.1. The van der Waals surface area contributed by atoms with E-state index in [-0.39, 0.29) is 24.0 Å². The summed E-state index contributed by atoms with van der Waals surface area (Å²) in [4.78, 5) is 4.21. The summed E-state index contributed by atoms with van der Waals surface area (Å²) in [7, 11) is 6.91. The Morgan fingerprint density at radius 1 is 1.12 bits per heavy atom. The molecule has 2 N–H and O–H groups in total. The lowest BCUT2D eigenvalue weighted by Gasteiger charge is -2.13. The molecule has 2 aromatic rings. The van der Waals surface area contributed by atoms with Crippen molar-refractivity contribution in [3.63, 3.8) is 0 Å². The second-order valence-electron chi connectivity index (χ2n) is 5.19. The summed E-state index contributed by atoms with van der Waals surface area (Å²) in [5, 5.41) is 14.6. The van der Waals surface area contributed by atoms with E-state index in [9.17, 15) is 0 Å². The molecule has 0 amide bonds. The number of halogens is 1. The molecule has 0 saturated carbocycles. The lowest BCUT2D eigenvalue weighted by atomic mass is 10.2. The zero-order valence-corrected chi connectivity index (χ0v) is 17.5. The molecule has 0 bridgehead atoms. The van der Waals surface area contributed by atoms with Gasteiger partial charge in [0.15, 0.2) is 23.3 Å². The van der Waals surface area contributed by atoms with Crippen LogP contribution in [0.1, 0.15) is 17.2 Å². The number of methoxy groups -OCH3 is 2. The van der Waals surface area contributed by atoms with E-state index >= 15 is 0 Å². The van der Waals surface area contributed by atoms with Crippen LogP contribution in [0.3, 0.4) is 0 Å². The molecule has 9 heteroatoms. The van der Waals surface area contributed by atoms with Crippen molar-refractivity contribution in [2.75, 3.05) is 21.3 Å². The van der Waals surface area contributed by atoms with Crippen molar-refractivity contribution in [3.05, 3.63) is 35.4 Å². The maximum Gasteiger partial charge on any atom is 0.191 e. The molecule has 0 fully saturated rings. The topological polar surface area (TPSA) is 85.6 Å². The highest BCUT2D eigenvalue weighted by Gasteiger charge is 2.07. The van der Waals surface area contributed by atoms with E-state index in [1.807, 2.05) is 36.7 Å². The highest BCUT2D eigenvalue weighted by Crippen LogP contribution is 2.27. The standard InChI is InChI=1S/C16H24N6O2.HI/c1-11-20-21-15(22(11)3)10-19-16(17-2)18-9-12-6-7-13(23-4)14(8-12)24-5;/h6-8H,9-10H2,1-5H3,(H2,17,18,19);1H. The lowest BCUT2D eigenvalue weighted by Crippen LogP contribution is -2.36. The number of hydrogen-bond acceptors (Lipinski definition) is 5. The van der Waals surface area contributed by atoms with Crippen molar-refractivity contribution >= 4 is 29.9 Å². The normalized spacial score (nSPS) is 10.8. The quantitative estimate of drug-likeness (QED) is 0.387. The molecule has 8 nitrogen and oxygen atoms in total. The van der Waals surface area contributed by atoms with Gasteiger partial charge in [-0.25, -0.2) is 0 Å². The highest BCUT2D eigenvalue weighted by molar-refractivity contribution is 14.0. The summed E-state index contributed by atoms with van der Waals surface area (Å²) in [6, 6.07) is 5.80.